The first kappa shape index (κ1) is 12.4. The van der Waals surface area contributed by atoms with Crippen LogP contribution in [-0.2, 0) is 22.2 Å². The van der Waals surface area contributed by atoms with Crippen molar-refractivity contribution in [3.63, 3.8) is 0 Å². The van der Waals surface area contributed by atoms with Crippen LogP contribution in [0.1, 0.15) is 17.5 Å². The van der Waals surface area contributed by atoms with Crippen LogP contribution in [-0.4, -0.2) is 20.7 Å². The Hall–Kier alpha value is -1.01. The minimum absolute atomic E-state index is 0.0899. The second-order valence-corrected chi connectivity index (χ2v) is 6.23. The van der Waals surface area contributed by atoms with Crippen molar-refractivity contribution in [1.29, 1.82) is 0 Å². The van der Waals surface area contributed by atoms with E-state index in [4.69, 9.17) is 5.73 Å². The Morgan fingerprint density at radius 2 is 2.06 bits per heavy atom. The monoisotopic (exact) mass is 261 g/mol. The number of rotatable bonds is 2. The Kier molecular flexibility index (Phi) is 2.95. The Bertz CT molecular complexity index is 540. The van der Waals surface area contributed by atoms with Crippen LogP contribution in [0, 0.1) is 0 Å². The predicted octanol–water partition coefficient (Wildman–Crippen LogP) is 1.46. The highest BCUT2D eigenvalue weighted by Gasteiger charge is 2.32. The Morgan fingerprint density at radius 1 is 1.35 bits per heavy atom. The zero-order chi connectivity index (χ0) is 12.7. The topological polar surface area (TPSA) is 60.2 Å². The molecule has 0 atom stereocenters. The molecule has 0 saturated heterocycles. The van der Waals surface area contributed by atoms with Gasteiger partial charge in [-0.3, -0.25) is 0 Å². The summed E-state index contributed by atoms with van der Waals surface area (Å²) in [4.78, 5) is 0.181. The number of hydrogen-bond donors (Lipinski definition) is 1. The highest BCUT2D eigenvalue weighted by molar-refractivity contribution is 7.91. The van der Waals surface area contributed by atoms with Gasteiger partial charge in [0, 0.05) is 5.56 Å². The molecule has 17 heavy (non-hydrogen) atoms. The molecule has 1 aliphatic heterocycles. The molecule has 0 aliphatic carbocycles. The highest BCUT2D eigenvalue weighted by atomic mass is 32.2. The number of hydrogen-bond acceptors (Lipinski definition) is 3. The van der Waals surface area contributed by atoms with E-state index in [1.54, 1.807) is 0 Å². The second kappa shape index (κ2) is 4.03. The third-order valence-electron chi connectivity index (χ3n) is 2.93. The summed E-state index contributed by atoms with van der Waals surface area (Å²) in [5.74, 6) is -3.01. The smallest absolute Gasteiger partial charge is 0.285 e. The highest BCUT2D eigenvalue weighted by Crippen LogP contribution is 2.32. The van der Waals surface area contributed by atoms with Crippen LogP contribution in [0.25, 0.3) is 0 Å². The van der Waals surface area contributed by atoms with Gasteiger partial charge in [-0.25, -0.2) is 8.42 Å². The normalized spacial score (nSPS) is 18.8. The lowest BCUT2D eigenvalue weighted by Crippen LogP contribution is -2.26. The fraction of sp³-hybridized carbons (Fsp3) is 0.455. The summed E-state index contributed by atoms with van der Waals surface area (Å²) < 4.78 is 50.1. The fourth-order valence-corrected chi connectivity index (χ4v) is 3.57. The number of aryl methyl sites for hydroxylation is 1. The van der Waals surface area contributed by atoms with E-state index < -0.39 is 22.3 Å². The first-order valence-corrected chi connectivity index (χ1v) is 6.96. The van der Waals surface area contributed by atoms with Crippen LogP contribution >= 0.6 is 0 Å². The van der Waals surface area contributed by atoms with E-state index in [1.807, 2.05) is 0 Å². The molecule has 0 saturated carbocycles. The molecule has 0 amide bonds. The first-order chi connectivity index (χ1) is 7.87. The Labute approximate surface area is 98.5 Å². The molecule has 0 bridgehead atoms. The molecule has 1 aromatic rings. The molecule has 2 N–H and O–H groups in total. The first-order valence-electron chi connectivity index (χ1n) is 5.31. The van der Waals surface area contributed by atoms with E-state index in [0.29, 0.717) is 18.4 Å². The molecule has 1 aliphatic rings. The molecule has 0 fully saturated rings. The fourth-order valence-electron chi connectivity index (χ4n) is 1.99. The molecule has 3 nitrogen and oxygen atoms in total. The van der Waals surface area contributed by atoms with Crippen LogP contribution in [0.15, 0.2) is 23.1 Å². The minimum atomic E-state index is -3.29. The standard InChI is InChI=1S/C11H13F2NO2S/c12-11(13,7-14)9-3-4-10-8(6-9)2-1-5-17(10,15)16/h3-4,6H,1-2,5,7,14H2. The van der Waals surface area contributed by atoms with Crippen LogP contribution < -0.4 is 5.73 Å². The van der Waals surface area contributed by atoms with E-state index in [2.05, 4.69) is 0 Å². The zero-order valence-corrected chi connectivity index (χ0v) is 9.93. The molecular formula is C11H13F2NO2S. The summed E-state index contributed by atoms with van der Waals surface area (Å²) in [6.07, 6.45) is 0.996. The average molecular weight is 261 g/mol. The number of nitrogens with two attached hydrogens (primary N) is 1. The third kappa shape index (κ3) is 2.19. The van der Waals surface area contributed by atoms with Crippen LogP contribution in [0.5, 0.6) is 0 Å². The van der Waals surface area contributed by atoms with Crippen molar-refractivity contribution in [2.75, 3.05) is 12.3 Å². The van der Waals surface area contributed by atoms with Gasteiger partial charge in [-0.2, -0.15) is 8.78 Å². The van der Waals surface area contributed by atoms with Crippen molar-refractivity contribution in [3.05, 3.63) is 29.3 Å². The SMILES string of the molecule is NCC(F)(F)c1ccc2c(c1)CCCS2(=O)=O. The molecule has 0 aromatic heterocycles. The predicted molar refractivity (Wildman–Crippen MR) is 59.8 cm³/mol. The number of fused-ring (bicyclic) bond motifs is 1. The average Bonchev–Trinajstić information content (AvgIpc) is 2.28. The van der Waals surface area contributed by atoms with Gasteiger partial charge in [0.2, 0.25) is 0 Å². The van der Waals surface area contributed by atoms with Crippen molar-refractivity contribution in [2.24, 2.45) is 5.73 Å². The number of halogens is 2. The Balaban J connectivity index is 2.53. The molecule has 0 unspecified atom stereocenters. The summed E-state index contributed by atoms with van der Waals surface area (Å²) in [6, 6.07) is 3.68. The number of benzene rings is 1. The van der Waals surface area contributed by atoms with Crippen molar-refractivity contribution in [3.8, 4) is 0 Å². The van der Waals surface area contributed by atoms with Crippen molar-refractivity contribution in [2.45, 2.75) is 23.7 Å². The maximum Gasteiger partial charge on any atom is 0.285 e. The van der Waals surface area contributed by atoms with Gasteiger partial charge in [0.15, 0.2) is 9.84 Å². The quantitative estimate of drug-likeness (QED) is 0.876. The lowest BCUT2D eigenvalue weighted by Gasteiger charge is -2.20. The molecule has 0 radical (unpaired) electrons. The van der Waals surface area contributed by atoms with Crippen molar-refractivity contribution in [1.82, 2.24) is 0 Å². The molecule has 2 rings (SSSR count). The molecule has 1 aromatic carbocycles. The molecule has 1 heterocycles. The molecule has 0 spiro atoms. The van der Waals surface area contributed by atoms with E-state index >= 15 is 0 Å². The van der Waals surface area contributed by atoms with Gasteiger partial charge in [0.1, 0.15) is 0 Å². The summed E-state index contributed by atoms with van der Waals surface area (Å²) in [6.45, 7) is -0.779. The van der Waals surface area contributed by atoms with Crippen LogP contribution in [0.4, 0.5) is 8.78 Å². The summed E-state index contributed by atoms with van der Waals surface area (Å²) in [5.41, 5.74) is 5.26. The van der Waals surface area contributed by atoms with Gasteiger partial charge >= 0.3 is 0 Å². The van der Waals surface area contributed by atoms with E-state index in [9.17, 15) is 17.2 Å². The zero-order valence-electron chi connectivity index (χ0n) is 9.12. The largest absolute Gasteiger partial charge is 0.325 e. The minimum Gasteiger partial charge on any atom is -0.325 e. The molecule has 6 heteroatoms. The van der Waals surface area contributed by atoms with Gasteiger partial charge in [-0.05, 0) is 30.5 Å². The van der Waals surface area contributed by atoms with Crippen molar-refractivity contribution < 1.29 is 17.2 Å². The van der Waals surface area contributed by atoms with E-state index in [1.165, 1.54) is 12.1 Å². The summed E-state index contributed by atoms with van der Waals surface area (Å²) in [7, 11) is -3.29. The lowest BCUT2D eigenvalue weighted by molar-refractivity contribution is 0.00580. The number of sulfone groups is 1. The van der Waals surface area contributed by atoms with Gasteiger partial charge < -0.3 is 5.73 Å². The van der Waals surface area contributed by atoms with Gasteiger partial charge in [-0.15, -0.1) is 0 Å². The molecular weight excluding hydrogens is 248 g/mol. The second-order valence-electron chi connectivity index (χ2n) is 4.15. The van der Waals surface area contributed by atoms with E-state index in [0.717, 1.165) is 6.07 Å². The summed E-state index contributed by atoms with van der Waals surface area (Å²) >= 11 is 0. The maximum atomic E-state index is 13.4. The third-order valence-corrected chi connectivity index (χ3v) is 4.83. The summed E-state index contributed by atoms with van der Waals surface area (Å²) in [5, 5.41) is 0. The van der Waals surface area contributed by atoms with Gasteiger partial charge in [0.25, 0.3) is 5.92 Å². The van der Waals surface area contributed by atoms with Crippen LogP contribution in [0.2, 0.25) is 0 Å². The van der Waals surface area contributed by atoms with Gasteiger partial charge in [0.05, 0.1) is 17.2 Å². The van der Waals surface area contributed by atoms with Crippen LogP contribution in [0.3, 0.4) is 0 Å². The maximum absolute atomic E-state index is 13.4. The van der Waals surface area contributed by atoms with Crippen molar-refractivity contribution >= 4 is 9.84 Å². The van der Waals surface area contributed by atoms with E-state index in [-0.39, 0.29) is 16.2 Å². The number of alkyl halides is 2. The molecule has 94 valence electrons. The lowest BCUT2D eigenvalue weighted by atomic mass is 10.0. The Morgan fingerprint density at radius 3 is 2.71 bits per heavy atom. The van der Waals surface area contributed by atoms with Gasteiger partial charge in [-0.1, -0.05) is 6.07 Å².